The maximum absolute atomic E-state index is 12.2. The standard InChI is InChI=1S/C14H15ClN4O3/c1-14(2,3)19-6-16-12(18-19)13(20)17-9-5-11-10(4-8(9)15)21-7-22-11/h4-6H,7H2,1-3H3,(H,17,20). The van der Waals surface area contributed by atoms with Crippen LogP contribution in [-0.4, -0.2) is 27.5 Å². The number of fused-ring (bicyclic) bond motifs is 1. The fourth-order valence-corrected chi connectivity index (χ4v) is 2.08. The van der Waals surface area contributed by atoms with E-state index in [9.17, 15) is 4.79 Å². The SMILES string of the molecule is CC(C)(C)n1cnc(C(=O)Nc2cc3c(cc2Cl)OCO3)n1. The molecule has 1 aromatic carbocycles. The van der Waals surface area contributed by atoms with Crippen LogP contribution in [0.5, 0.6) is 11.5 Å². The first kappa shape index (κ1) is 14.6. The molecule has 0 atom stereocenters. The van der Waals surface area contributed by atoms with Gasteiger partial charge in [0.05, 0.1) is 16.2 Å². The molecule has 0 aliphatic carbocycles. The summed E-state index contributed by atoms with van der Waals surface area (Å²) in [6.45, 7) is 6.05. The molecule has 7 nitrogen and oxygen atoms in total. The monoisotopic (exact) mass is 322 g/mol. The molecule has 0 spiro atoms. The number of halogens is 1. The zero-order valence-electron chi connectivity index (χ0n) is 12.4. The third-order valence-electron chi connectivity index (χ3n) is 3.09. The van der Waals surface area contributed by atoms with Gasteiger partial charge in [0.25, 0.3) is 5.91 Å². The molecule has 1 aliphatic rings. The first-order valence-electron chi connectivity index (χ1n) is 6.67. The van der Waals surface area contributed by atoms with Gasteiger partial charge in [-0.25, -0.2) is 9.67 Å². The molecule has 1 N–H and O–H groups in total. The maximum Gasteiger partial charge on any atom is 0.295 e. The molecule has 1 aromatic heterocycles. The minimum Gasteiger partial charge on any atom is -0.454 e. The van der Waals surface area contributed by atoms with Crippen LogP contribution in [0.3, 0.4) is 0 Å². The van der Waals surface area contributed by atoms with Gasteiger partial charge >= 0.3 is 0 Å². The predicted octanol–water partition coefficient (Wildman–Crippen LogP) is 2.67. The molecule has 1 amide bonds. The molecule has 8 heteroatoms. The van der Waals surface area contributed by atoms with Crippen LogP contribution in [0.2, 0.25) is 5.02 Å². The van der Waals surface area contributed by atoms with Gasteiger partial charge in [0.1, 0.15) is 6.33 Å². The smallest absolute Gasteiger partial charge is 0.295 e. The zero-order valence-corrected chi connectivity index (χ0v) is 13.1. The first-order valence-corrected chi connectivity index (χ1v) is 7.05. The van der Waals surface area contributed by atoms with E-state index in [1.807, 2.05) is 20.8 Å². The molecule has 0 saturated heterocycles. The largest absolute Gasteiger partial charge is 0.454 e. The second-order valence-corrected chi connectivity index (χ2v) is 6.23. The van der Waals surface area contributed by atoms with Gasteiger partial charge in [-0.05, 0) is 20.8 Å². The molecule has 0 unspecified atom stereocenters. The Labute approximate surface area is 132 Å². The number of nitrogens with one attached hydrogen (secondary N) is 1. The van der Waals surface area contributed by atoms with E-state index in [0.717, 1.165) is 0 Å². The molecule has 1 aliphatic heterocycles. The Kier molecular flexibility index (Phi) is 3.44. The van der Waals surface area contributed by atoms with E-state index >= 15 is 0 Å². The van der Waals surface area contributed by atoms with Crippen LogP contribution in [0.25, 0.3) is 0 Å². The number of ether oxygens (including phenoxy) is 2. The molecule has 3 rings (SSSR count). The van der Waals surface area contributed by atoms with Crippen LogP contribution in [0.15, 0.2) is 18.5 Å². The van der Waals surface area contributed by atoms with Crippen LogP contribution in [0, 0.1) is 0 Å². The Hall–Kier alpha value is -2.28. The number of carbonyl (C=O) groups is 1. The van der Waals surface area contributed by atoms with Gasteiger partial charge in [0.2, 0.25) is 12.6 Å². The van der Waals surface area contributed by atoms with E-state index in [4.69, 9.17) is 21.1 Å². The summed E-state index contributed by atoms with van der Waals surface area (Å²) in [5, 5.41) is 7.20. The molecular formula is C14H15ClN4O3. The van der Waals surface area contributed by atoms with E-state index in [-0.39, 0.29) is 18.2 Å². The average molecular weight is 323 g/mol. The number of aromatic nitrogens is 3. The van der Waals surface area contributed by atoms with E-state index in [1.54, 1.807) is 16.8 Å². The van der Waals surface area contributed by atoms with Crippen molar-refractivity contribution in [2.24, 2.45) is 0 Å². The number of hydrogen-bond acceptors (Lipinski definition) is 5. The highest BCUT2D eigenvalue weighted by Gasteiger charge is 2.21. The van der Waals surface area contributed by atoms with Gasteiger partial charge in [-0.2, -0.15) is 0 Å². The number of nitrogens with zero attached hydrogens (tertiary/aromatic N) is 3. The van der Waals surface area contributed by atoms with Crippen LogP contribution >= 0.6 is 11.6 Å². The summed E-state index contributed by atoms with van der Waals surface area (Å²) in [6, 6.07) is 3.21. The fraction of sp³-hybridized carbons (Fsp3) is 0.357. The topological polar surface area (TPSA) is 78.3 Å². The van der Waals surface area contributed by atoms with E-state index in [2.05, 4.69) is 15.4 Å². The number of hydrogen-bond donors (Lipinski definition) is 1. The summed E-state index contributed by atoms with van der Waals surface area (Å²) < 4.78 is 12.1. The number of amides is 1. The minimum absolute atomic E-state index is 0.0728. The molecule has 0 bridgehead atoms. The quantitative estimate of drug-likeness (QED) is 0.919. The van der Waals surface area contributed by atoms with Gasteiger partial charge in [0, 0.05) is 12.1 Å². The molecule has 0 fully saturated rings. The van der Waals surface area contributed by atoms with Gasteiger partial charge < -0.3 is 14.8 Å². The van der Waals surface area contributed by atoms with Crippen molar-refractivity contribution < 1.29 is 14.3 Å². The van der Waals surface area contributed by atoms with Crippen LogP contribution in [-0.2, 0) is 5.54 Å². The van der Waals surface area contributed by atoms with Crippen molar-refractivity contribution in [3.05, 3.63) is 29.3 Å². The molecule has 116 valence electrons. The Balaban J connectivity index is 1.81. The van der Waals surface area contributed by atoms with Crippen molar-refractivity contribution in [3.63, 3.8) is 0 Å². The Morgan fingerprint density at radius 3 is 2.64 bits per heavy atom. The van der Waals surface area contributed by atoms with E-state index in [1.165, 1.54) is 6.33 Å². The number of anilines is 1. The average Bonchev–Trinajstić information content (AvgIpc) is 3.06. The minimum atomic E-state index is -0.441. The Bertz CT molecular complexity index is 736. The summed E-state index contributed by atoms with van der Waals surface area (Å²) in [5.41, 5.74) is 0.171. The molecule has 0 saturated carbocycles. The van der Waals surface area contributed by atoms with Crippen molar-refractivity contribution in [2.75, 3.05) is 12.1 Å². The maximum atomic E-state index is 12.2. The predicted molar refractivity (Wildman–Crippen MR) is 80.5 cm³/mol. The Morgan fingerprint density at radius 1 is 1.32 bits per heavy atom. The van der Waals surface area contributed by atoms with E-state index in [0.29, 0.717) is 22.2 Å². The van der Waals surface area contributed by atoms with Crippen LogP contribution < -0.4 is 14.8 Å². The van der Waals surface area contributed by atoms with Crippen molar-refractivity contribution in [2.45, 2.75) is 26.3 Å². The van der Waals surface area contributed by atoms with Crippen molar-refractivity contribution in [1.29, 1.82) is 0 Å². The lowest BCUT2D eigenvalue weighted by molar-refractivity contribution is 0.101. The van der Waals surface area contributed by atoms with Gasteiger partial charge in [0.15, 0.2) is 11.5 Å². The third kappa shape index (κ3) is 2.71. The van der Waals surface area contributed by atoms with Crippen molar-refractivity contribution in [3.8, 4) is 11.5 Å². The van der Waals surface area contributed by atoms with Crippen LogP contribution in [0.4, 0.5) is 5.69 Å². The number of benzene rings is 1. The molecule has 22 heavy (non-hydrogen) atoms. The summed E-state index contributed by atoms with van der Waals surface area (Å²) in [6.07, 6.45) is 1.52. The lowest BCUT2D eigenvalue weighted by Gasteiger charge is -2.17. The van der Waals surface area contributed by atoms with Gasteiger partial charge in [-0.15, -0.1) is 5.10 Å². The van der Waals surface area contributed by atoms with E-state index < -0.39 is 5.91 Å². The first-order chi connectivity index (χ1) is 10.3. The van der Waals surface area contributed by atoms with Crippen molar-refractivity contribution in [1.82, 2.24) is 14.8 Å². The summed E-state index contributed by atoms with van der Waals surface area (Å²) in [7, 11) is 0. The summed E-state index contributed by atoms with van der Waals surface area (Å²) >= 11 is 6.12. The zero-order chi connectivity index (χ0) is 15.9. The molecular weight excluding hydrogens is 308 g/mol. The second-order valence-electron chi connectivity index (χ2n) is 5.82. The highest BCUT2D eigenvalue weighted by Crippen LogP contribution is 2.39. The van der Waals surface area contributed by atoms with Crippen LogP contribution in [0.1, 0.15) is 31.4 Å². The Morgan fingerprint density at radius 2 is 2.00 bits per heavy atom. The lowest BCUT2D eigenvalue weighted by Crippen LogP contribution is -2.23. The summed E-state index contributed by atoms with van der Waals surface area (Å²) in [5.74, 6) is 0.721. The molecule has 2 heterocycles. The van der Waals surface area contributed by atoms with Gasteiger partial charge in [-0.3, -0.25) is 4.79 Å². The second kappa shape index (κ2) is 5.17. The fourth-order valence-electron chi connectivity index (χ4n) is 1.88. The third-order valence-corrected chi connectivity index (χ3v) is 3.41. The van der Waals surface area contributed by atoms with Crippen molar-refractivity contribution >= 4 is 23.2 Å². The highest BCUT2D eigenvalue weighted by molar-refractivity contribution is 6.34. The normalized spacial score (nSPS) is 13.3. The lowest BCUT2D eigenvalue weighted by atomic mass is 10.1. The van der Waals surface area contributed by atoms with Gasteiger partial charge in [-0.1, -0.05) is 11.6 Å². The highest BCUT2D eigenvalue weighted by atomic mass is 35.5. The number of rotatable bonds is 2. The molecule has 0 radical (unpaired) electrons. The summed E-state index contributed by atoms with van der Waals surface area (Å²) in [4.78, 5) is 16.2. The molecule has 2 aromatic rings. The number of carbonyl (C=O) groups excluding carboxylic acids is 1.